The molecule has 2 aromatic heterocycles. The molecule has 2 aromatic rings. The lowest BCUT2D eigenvalue weighted by molar-refractivity contribution is 0.0910. The SMILES string of the molecule is Cc1ccc2ncc(C(=O)NC(CCO)C(C)C)n2c1. The van der Waals surface area contributed by atoms with Gasteiger partial charge in [-0.05, 0) is 30.9 Å². The van der Waals surface area contributed by atoms with Gasteiger partial charge >= 0.3 is 0 Å². The maximum atomic E-state index is 12.4. The van der Waals surface area contributed by atoms with Crippen molar-refractivity contribution in [2.45, 2.75) is 33.2 Å². The molecule has 2 N–H and O–H groups in total. The lowest BCUT2D eigenvalue weighted by atomic mass is 10.0. The Bertz CT molecular complexity index is 604. The molecule has 5 heteroatoms. The number of aromatic nitrogens is 2. The number of hydrogen-bond acceptors (Lipinski definition) is 3. The number of amides is 1. The van der Waals surface area contributed by atoms with E-state index < -0.39 is 0 Å². The molecule has 0 saturated carbocycles. The van der Waals surface area contributed by atoms with Crippen LogP contribution in [0.2, 0.25) is 0 Å². The van der Waals surface area contributed by atoms with Crippen LogP contribution in [0.25, 0.3) is 5.65 Å². The molecule has 0 radical (unpaired) electrons. The zero-order valence-corrected chi connectivity index (χ0v) is 12.1. The van der Waals surface area contributed by atoms with Gasteiger partial charge in [-0.3, -0.25) is 9.20 Å². The van der Waals surface area contributed by atoms with Crippen molar-refractivity contribution in [1.29, 1.82) is 0 Å². The minimum Gasteiger partial charge on any atom is -0.396 e. The molecule has 0 aliphatic rings. The second kappa shape index (κ2) is 6.05. The number of hydrogen-bond donors (Lipinski definition) is 2. The molecule has 0 aliphatic heterocycles. The first-order valence-electron chi connectivity index (χ1n) is 6.88. The minimum absolute atomic E-state index is 0.0390. The molecular weight excluding hydrogens is 254 g/mol. The summed E-state index contributed by atoms with van der Waals surface area (Å²) in [5.41, 5.74) is 2.34. The number of carbonyl (C=O) groups is 1. The molecule has 0 spiro atoms. The molecule has 20 heavy (non-hydrogen) atoms. The Balaban J connectivity index is 2.24. The highest BCUT2D eigenvalue weighted by atomic mass is 16.3. The zero-order chi connectivity index (χ0) is 14.7. The zero-order valence-electron chi connectivity index (χ0n) is 12.1. The van der Waals surface area contributed by atoms with Crippen molar-refractivity contribution in [2.75, 3.05) is 6.61 Å². The molecule has 1 atom stereocenters. The summed E-state index contributed by atoms with van der Waals surface area (Å²) >= 11 is 0. The lowest BCUT2D eigenvalue weighted by Crippen LogP contribution is -2.39. The maximum Gasteiger partial charge on any atom is 0.270 e. The number of carbonyl (C=O) groups excluding carboxylic acids is 1. The van der Waals surface area contributed by atoms with Gasteiger partial charge in [-0.2, -0.15) is 0 Å². The van der Waals surface area contributed by atoms with E-state index in [1.54, 1.807) is 10.6 Å². The van der Waals surface area contributed by atoms with Crippen LogP contribution in [0.3, 0.4) is 0 Å². The van der Waals surface area contributed by atoms with E-state index in [4.69, 9.17) is 5.11 Å². The maximum absolute atomic E-state index is 12.4. The van der Waals surface area contributed by atoms with Crippen molar-refractivity contribution in [1.82, 2.24) is 14.7 Å². The van der Waals surface area contributed by atoms with Gasteiger partial charge in [-0.1, -0.05) is 19.9 Å². The molecule has 2 heterocycles. The number of nitrogens with one attached hydrogen (secondary N) is 1. The van der Waals surface area contributed by atoms with E-state index in [2.05, 4.69) is 10.3 Å². The van der Waals surface area contributed by atoms with Gasteiger partial charge in [-0.25, -0.2) is 4.98 Å². The summed E-state index contributed by atoms with van der Waals surface area (Å²) in [6.07, 6.45) is 4.04. The monoisotopic (exact) mass is 275 g/mol. The lowest BCUT2D eigenvalue weighted by Gasteiger charge is -2.21. The fraction of sp³-hybridized carbons (Fsp3) is 0.467. The summed E-state index contributed by atoms with van der Waals surface area (Å²) in [5.74, 6) is 0.113. The summed E-state index contributed by atoms with van der Waals surface area (Å²) < 4.78 is 1.79. The van der Waals surface area contributed by atoms with Crippen LogP contribution >= 0.6 is 0 Å². The highest BCUT2D eigenvalue weighted by Gasteiger charge is 2.19. The molecular formula is C15H21N3O2. The van der Waals surface area contributed by atoms with Gasteiger partial charge in [0.1, 0.15) is 11.3 Å². The van der Waals surface area contributed by atoms with Crippen LogP contribution in [0.15, 0.2) is 24.5 Å². The van der Waals surface area contributed by atoms with Crippen molar-refractivity contribution >= 4 is 11.6 Å². The standard InChI is InChI=1S/C15H21N3O2/c1-10(2)12(6-7-19)17-15(20)13-8-16-14-5-4-11(3)9-18(13)14/h4-5,8-10,12,19H,6-7H2,1-3H3,(H,17,20). The third kappa shape index (κ3) is 2.99. The van der Waals surface area contributed by atoms with Crippen molar-refractivity contribution in [3.63, 3.8) is 0 Å². The van der Waals surface area contributed by atoms with Crippen LogP contribution in [-0.2, 0) is 0 Å². The number of nitrogens with zero attached hydrogens (tertiary/aromatic N) is 2. The van der Waals surface area contributed by atoms with Crippen LogP contribution in [0, 0.1) is 12.8 Å². The predicted octanol–water partition coefficient (Wildman–Crippen LogP) is 1.78. The predicted molar refractivity (Wildman–Crippen MR) is 77.7 cm³/mol. The molecule has 5 nitrogen and oxygen atoms in total. The van der Waals surface area contributed by atoms with Crippen molar-refractivity contribution in [3.05, 3.63) is 35.8 Å². The molecule has 1 amide bonds. The van der Waals surface area contributed by atoms with E-state index in [9.17, 15) is 4.79 Å². The molecule has 0 fully saturated rings. The van der Waals surface area contributed by atoms with Crippen molar-refractivity contribution in [3.8, 4) is 0 Å². The average molecular weight is 275 g/mol. The van der Waals surface area contributed by atoms with Crippen LogP contribution in [-0.4, -0.2) is 33.0 Å². The minimum atomic E-state index is -0.157. The summed E-state index contributed by atoms with van der Waals surface area (Å²) in [4.78, 5) is 16.6. The van der Waals surface area contributed by atoms with E-state index in [0.717, 1.165) is 11.2 Å². The fourth-order valence-electron chi connectivity index (χ4n) is 2.21. The smallest absolute Gasteiger partial charge is 0.270 e. The number of aliphatic hydroxyl groups excluding tert-OH is 1. The highest BCUT2D eigenvalue weighted by Crippen LogP contribution is 2.11. The molecule has 108 valence electrons. The quantitative estimate of drug-likeness (QED) is 0.874. The topological polar surface area (TPSA) is 66.6 Å². The first kappa shape index (κ1) is 14.5. The number of aryl methyl sites for hydroxylation is 1. The Kier molecular flexibility index (Phi) is 4.39. The molecule has 2 rings (SSSR count). The van der Waals surface area contributed by atoms with Crippen molar-refractivity contribution < 1.29 is 9.90 Å². The average Bonchev–Trinajstić information content (AvgIpc) is 2.80. The summed E-state index contributed by atoms with van der Waals surface area (Å²) in [7, 11) is 0. The Morgan fingerprint density at radius 1 is 1.45 bits per heavy atom. The first-order valence-corrected chi connectivity index (χ1v) is 6.88. The molecule has 1 unspecified atom stereocenters. The van der Waals surface area contributed by atoms with E-state index in [1.807, 2.05) is 39.1 Å². The highest BCUT2D eigenvalue weighted by molar-refractivity contribution is 5.93. The second-order valence-electron chi connectivity index (χ2n) is 5.41. The van der Waals surface area contributed by atoms with Gasteiger partial charge in [0.25, 0.3) is 5.91 Å². The first-order chi connectivity index (χ1) is 9.52. The molecule has 0 aliphatic carbocycles. The van der Waals surface area contributed by atoms with Crippen LogP contribution in [0.4, 0.5) is 0 Å². The van der Waals surface area contributed by atoms with Gasteiger partial charge in [0, 0.05) is 18.8 Å². The Morgan fingerprint density at radius 2 is 2.20 bits per heavy atom. The van der Waals surface area contributed by atoms with Crippen LogP contribution in [0.1, 0.15) is 36.3 Å². The van der Waals surface area contributed by atoms with Gasteiger partial charge in [0.2, 0.25) is 0 Å². The summed E-state index contributed by atoms with van der Waals surface area (Å²) in [6, 6.07) is 3.81. The normalized spacial score (nSPS) is 12.8. The molecule has 0 aromatic carbocycles. The van der Waals surface area contributed by atoms with Gasteiger partial charge in [0.15, 0.2) is 0 Å². The van der Waals surface area contributed by atoms with E-state index in [-0.39, 0.29) is 24.5 Å². The fourth-order valence-corrected chi connectivity index (χ4v) is 2.21. The Labute approximate surface area is 118 Å². The third-order valence-corrected chi connectivity index (χ3v) is 3.45. The van der Waals surface area contributed by atoms with Crippen molar-refractivity contribution in [2.24, 2.45) is 5.92 Å². The summed E-state index contributed by atoms with van der Waals surface area (Å²) in [5, 5.41) is 12.0. The van der Waals surface area contributed by atoms with E-state index in [1.165, 1.54) is 0 Å². The van der Waals surface area contributed by atoms with Crippen LogP contribution in [0.5, 0.6) is 0 Å². The number of fused-ring (bicyclic) bond motifs is 1. The third-order valence-electron chi connectivity index (χ3n) is 3.45. The Hall–Kier alpha value is -1.88. The largest absolute Gasteiger partial charge is 0.396 e. The van der Waals surface area contributed by atoms with E-state index in [0.29, 0.717) is 12.1 Å². The molecule has 0 saturated heterocycles. The number of pyridine rings is 1. The van der Waals surface area contributed by atoms with Gasteiger partial charge in [0.05, 0.1) is 6.20 Å². The Morgan fingerprint density at radius 3 is 2.85 bits per heavy atom. The van der Waals surface area contributed by atoms with Gasteiger partial charge < -0.3 is 10.4 Å². The number of rotatable bonds is 5. The molecule has 0 bridgehead atoms. The number of imidazole rings is 1. The summed E-state index contributed by atoms with van der Waals surface area (Å²) in [6.45, 7) is 6.09. The van der Waals surface area contributed by atoms with E-state index >= 15 is 0 Å². The van der Waals surface area contributed by atoms with Gasteiger partial charge in [-0.15, -0.1) is 0 Å². The second-order valence-corrected chi connectivity index (χ2v) is 5.41. The van der Waals surface area contributed by atoms with Crippen LogP contribution < -0.4 is 5.32 Å². The number of aliphatic hydroxyl groups is 1.